The molecule has 0 aromatic carbocycles. The quantitative estimate of drug-likeness (QED) is 0.833. The van der Waals surface area contributed by atoms with E-state index in [1.807, 2.05) is 11.0 Å². The Labute approximate surface area is 165 Å². The maximum atomic E-state index is 12.1. The molecular formula is C20H27N5O3. The van der Waals surface area contributed by atoms with Crippen LogP contribution >= 0.6 is 0 Å². The van der Waals surface area contributed by atoms with E-state index in [0.29, 0.717) is 23.0 Å². The molecule has 8 heteroatoms. The van der Waals surface area contributed by atoms with E-state index in [9.17, 15) is 9.90 Å². The van der Waals surface area contributed by atoms with Crippen molar-refractivity contribution in [3.8, 4) is 11.3 Å². The van der Waals surface area contributed by atoms with Crippen molar-refractivity contribution in [1.82, 2.24) is 15.0 Å². The molecule has 2 aromatic rings. The van der Waals surface area contributed by atoms with Crippen LogP contribution in [0.3, 0.4) is 0 Å². The van der Waals surface area contributed by atoms with Crippen LogP contribution in [-0.4, -0.2) is 51.8 Å². The number of rotatable bonds is 4. The van der Waals surface area contributed by atoms with E-state index < -0.39 is 5.60 Å². The molecule has 0 radical (unpaired) electrons. The molecule has 2 atom stereocenters. The van der Waals surface area contributed by atoms with Gasteiger partial charge in [-0.3, -0.25) is 9.78 Å². The van der Waals surface area contributed by atoms with Gasteiger partial charge in [-0.2, -0.15) is 0 Å². The van der Waals surface area contributed by atoms with E-state index in [4.69, 9.17) is 9.72 Å². The molecule has 1 saturated carbocycles. The second-order valence-electron chi connectivity index (χ2n) is 7.92. The average molecular weight is 385 g/mol. The Morgan fingerprint density at radius 2 is 2.11 bits per heavy atom. The third-order valence-corrected chi connectivity index (χ3v) is 5.41. The van der Waals surface area contributed by atoms with Gasteiger partial charge in [0.25, 0.3) is 0 Å². The van der Waals surface area contributed by atoms with Gasteiger partial charge in [0.15, 0.2) is 11.6 Å². The molecule has 1 aliphatic carbocycles. The number of nitrogens with zero attached hydrogens (tertiary/aromatic N) is 4. The van der Waals surface area contributed by atoms with Gasteiger partial charge < -0.3 is 20.1 Å². The third kappa shape index (κ3) is 3.57. The van der Waals surface area contributed by atoms with Crippen molar-refractivity contribution in [2.45, 2.75) is 50.9 Å². The highest BCUT2D eigenvalue weighted by Crippen LogP contribution is 2.35. The fourth-order valence-electron chi connectivity index (χ4n) is 3.83. The van der Waals surface area contributed by atoms with Gasteiger partial charge in [-0.1, -0.05) is 0 Å². The zero-order chi connectivity index (χ0) is 19.9. The van der Waals surface area contributed by atoms with Gasteiger partial charge >= 0.3 is 0 Å². The summed E-state index contributed by atoms with van der Waals surface area (Å²) in [6.45, 7) is 3.66. The number of fused-ring (bicyclic) bond motifs is 1. The number of aliphatic hydroxyl groups is 1. The molecule has 4 rings (SSSR count). The first-order chi connectivity index (χ1) is 13.3. The van der Waals surface area contributed by atoms with Gasteiger partial charge in [-0.05, 0) is 45.2 Å². The molecule has 8 nitrogen and oxygen atoms in total. The monoisotopic (exact) mass is 385 g/mol. The Balaban J connectivity index is 0.00000240. The lowest BCUT2D eigenvalue weighted by Crippen LogP contribution is -2.44. The molecule has 150 valence electrons. The molecule has 2 N–H and O–H groups in total. The molecular weight excluding hydrogens is 358 g/mol. The third-order valence-electron chi connectivity index (χ3n) is 5.41. The summed E-state index contributed by atoms with van der Waals surface area (Å²) in [6, 6.07) is 3.87. The second kappa shape index (κ2) is 7.10. The number of carbonyl (C=O) groups excluding carboxylic acids is 1. The molecule has 1 fully saturated rings. The minimum atomic E-state index is -0.999. The van der Waals surface area contributed by atoms with E-state index in [2.05, 4.69) is 15.3 Å². The van der Waals surface area contributed by atoms with E-state index in [1.165, 1.54) is 0 Å². The van der Waals surface area contributed by atoms with Crippen molar-refractivity contribution in [2.75, 3.05) is 23.9 Å². The Bertz CT molecular complexity index is 885. The lowest BCUT2D eigenvalue weighted by atomic mass is 10.0. The van der Waals surface area contributed by atoms with Crippen molar-refractivity contribution < 1.29 is 16.1 Å². The maximum Gasteiger partial charge on any atom is 0.245 e. The highest BCUT2D eigenvalue weighted by Gasteiger charge is 2.35. The summed E-state index contributed by atoms with van der Waals surface area (Å²) in [6.07, 6.45) is 6.34. The Morgan fingerprint density at radius 1 is 1.29 bits per heavy atom. The Hall–Kier alpha value is -2.58. The molecule has 28 heavy (non-hydrogen) atoms. The van der Waals surface area contributed by atoms with Crippen LogP contribution in [0.15, 0.2) is 24.5 Å². The summed E-state index contributed by atoms with van der Waals surface area (Å²) in [7, 11) is 1.73. The largest absolute Gasteiger partial charge is 0.384 e. The van der Waals surface area contributed by atoms with Crippen LogP contribution in [0.25, 0.3) is 11.3 Å². The van der Waals surface area contributed by atoms with Crippen molar-refractivity contribution in [2.24, 2.45) is 0 Å². The first-order valence-electron chi connectivity index (χ1n) is 9.51. The van der Waals surface area contributed by atoms with Crippen LogP contribution in [0.1, 0.15) is 40.2 Å². The fraction of sp³-hybridized carbons (Fsp3) is 0.500. The standard InChI is InChI=1S/C20H25N5O3.H2/c1-20(2,27)16-7-4-12(9-21-16)15-10-22-18-19(23-15)25(11-17(26)24-18)13-5-6-14(8-13)28-3;/h4,7,9-10,13-14,27H,5-6,8,11H2,1-3H3,(H,22,24,26);1H/t13?,14-;/m0./s1. The minimum Gasteiger partial charge on any atom is -0.384 e. The summed E-state index contributed by atoms with van der Waals surface area (Å²) in [5.41, 5.74) is 1.08. The first kappa shape index (κ1) is 18.8. The number of amides is 1. The molecule has 2 aliphatic rings. The number of carbonyl (C=O) groups is 1. The summed E-state index contributed by atoms with van der Waals surface area (Å²) < 4.78 is 5.49. The lowest BCUT2D eigenvalue weighted by molar-refractivity contribution is -0.115. The highest BCUT2D eigenvalue weighted by molar-refractivity contribution is 5.99. The maximum absolute atomic E-state index is 12.1. The van der Waals surface area contributed by atoms with Crippen LogP contribution in [-0.2, 0) is 15.1 Å². The summed E-state index contributed by atoms with van der Waals surface area (Å²) in [4.78, 5) is 27.8. The predicted molar refractivity (Wildman–Crippen MR) is 107 cm³/mol. The number of methoxy groups -OCH3 is 1. The Morgan fingerprint density at radius 3 is 2.75 bits per heavy atom. The highest BCUT2D eigenvalue weighted by atomic mass is 16.5. The predicted octanol–water partition coefficient (Wildman–Crippen LogP) is 2.34. The van der Waals surface area contributed by atoms with E-state index in [-0.39, 0.29) is 26.0 Å². The van der Waals surface area contributed by atoms with Gasteiger partial charge in [-0.15, -0.1) is 0 Å². The van der Waals surface area contributed by atoms with Crippen LogP contribution in [0.4, 0.5) is 11.6 Å². The molecule has 1 aliphatic heterocycles. The molecule has 1 amide bonds. The summed E-state index contributed by atoms with van der Waals surface area (Å²) in [5, 5.41) is 12.9. The van der Waals surface area contributed by atoms with E-state index in [1.54, 1.807) is 39.4 Å². The van der Waals surface area contributed by atoms with Gasteiger partial charge in [0.2, 0.25) is 5.91 Å². The Kier molecular flexibility index (Phi) is 4.76. The van der Waals surface area contributed by atoms with Crippen molar-refractivity contribution in [3.63, 3.8) is 0 Å². The van der Waals surface area contributed by atoms with Gasteiger partial charge in [0.05, 0.1) is 30.2 Å². The smallest absolute Gasteiger partial charge is 0.245 e. The average Bonchev–Trinajstić information content (AvgIpc) is 3.15. The topological polar surface area (TPSA) is 100 Å². The number of nitrogens with one attached hydrogen (secondary N) is 1. The van der Waals surface area contributed by atoms with Crippen molar-refractivity contribution in [1.29, 1.82) is 0 Å². The van der Waals surface area contributed by atoms with Crippen LogP contribution in [0.2, 0.25) is 0 Å². The van der Waals surface area contributed by atoms with Gasteiger partial charge in [-0.25, -0.2) is 9.97 Å². The van der Waals surface area contributed by atoms with Gasteiger partial charge in [0, 0.05) is 26.3 Å². The molecule has 0 saturated heterocycles. The number of ether oxygens (including phenoxy) is 1. The molecule has 3 heterocycles. The van der Waals surface area contributed by atoms with E-state index in [0.717, 1.165) is 24.8 Å². The normalized spacial score (nSPS) is 22.1. The molecule has 0 bridgehead atoms. The second-order valence-corrected chi connectivity index (χ2v) is 7.92. The number of anilines is 2. The molecule has 1 unspecified atom stereocenters. The molecule has 2 aromatic heterocycles. The van der Waals surface area contributed by atoms with Crippen molar-refractivity contribution in [3.05, 3.63) is 30.2 Å². The van der Waals surface area contributed by atoms with Gasteiger partial charge in [0.1, 0.15) is 5.60 Å². The number of aromatic nitrogens is 3. The summed E-state index contributed by atoms with van der Waals surface area (Å²) >= 11 is 0. The number of hydrogen-bond acceptors (Lipinski definition) is 7. The zero-order valence-corrected chi connectivity index (χ0v) is 16.3. The lowest BCUT2D eigenvalue weighted by Gasteiger charge is -2.34. The fourth-order valence-corrected chi connectivity index (χ4v) is 3.83. The SMILES string of the molecule is CO[C@H]1CCC(N2CC(=O)Nc3ncc(-c4ccc(C(C)(C)O)nc4)nc32)C1.[HH]. The van der Waals surface area contributed by atoms with Crippen LogP contribution in [0, 0.1) is 0 Å². The minimum absolute atomic E-state index is 0. The molecule has 0 spiro atoms. The number of pyridine rings is 1. The van der Waals surface area contributed by atoms with Crippen LogP contribution < -0.4 is 10.2 Å². The zero-order valence-electron chi connectivity index (χ0n) is 16.3. The van der Waals surface area contributed by atoms with Crippen LogP contribution in [0.5, 0.6) is 0 Å². The first-order valence-corrected chi connectivity index (χ1v) is 9.51. The summed E-state index contributed by atoms with van der Waals surface area (Å²) in [5.74, 6) is 1.10. The van der Waals surface area contributed by atoms with Crippen molar-refractivity contribution >= 4 is 17.5 Å². The number of hydrogen-bond donors (Lipinski definition) is 2. The van der Waals surface area contributed by atoms with E-state index >= 15 is 0 Å².